The minimum absolute atomic E-state index is 0.000885. The van der Waals surface area contributed by atoms with Crippen LogP contribution in [0.1, 0.15) is 29.8 Å². The van der Waals surface area contributed by atoms with Gasteiger partial charge >= 0.3 is 0 Å². The minimum Gasteiger partial charge on any atom is -0.381 e. The molecule has 0 atom stereocenters. The summed E-state index contributed by atoms with van der Waals surface area (Å²) in [7, 11) is 0. The van der Waals surface area contributed by atoms with Gasteiger partial charge in [-0.25, -0.2) is 9.97 Å². The van der Waals surface area contributed by atoms with Crippen LogP contribution in [0.25, 0.3) is 0 Å². The second kappa shape index (κ2) is 10.8. The number of carbonyl (C=O) groups excluding carboxylic acids is 1. The average Bonchev–Trinajstić information content (AvgIpc) is 2.92. The number of benzene rings is 3. The fraction of sp³-hybridized carbons (Fsp3) is 0.233. The van der Waals surface area contributed by atoms with E-state index in [0.29, 0.717) is 43.5 Å². The molecular formula is C30H31N5O2. The van der Waals surface area contributed by atoms with Crippen LogP contribution in [0.5, 0.6) is 0 Å². The third-order valence-electron chi connectivity index (χ3n) is 6.68. The maximum absolute atomic E-state index is 13.5. The first-order valence-corrected chi connectivity index (χ1v) is 12.5. The Labute approximate surface area is 217 Å². The summed E-state index contributed by atoms with van der Waals surface area (Å²) >= 11 is 0. The molecule has 7 nitrogen and oxygen atoms in total. The first-order chi connectivity index (χ1) is 18.0. The number of carbonyl (C=O) groups is 1. The van der Waals surface area contributed by atoms with Gasteiger partial charge in [0.25, 0.3) is 0 Å². The summed E-state index contributed by atoms with van der Waals surface area (Å²) < 4.78 is 5.57. The number of nitrogens with zero attached hydrogens (tertiary/aromatic N) is 2. The molecule has 2 heterocycles. The van der Waals surface area contributed by atoms with E-state index < -0.39 is 5.41 Å². The number of hydrogen-bond donors (Lipinski definition) is 3. The molecule has 1 aliphatic rings. The molecule has 0 bridgehead atoms. The monoisotopic (exact) mass is 493 g/mol. The maximum atomic E-state index is 13.5. The van der Waals surface area contributed by atoms with Crippen molar-refractivity contribution in [3.05, 3.63) is 102 Å². The van der Waals surface area contributed by atoms with E-state index in [0.717, 1.165) is 22.6 Å². The van der Waals surface area contributed by atoms with Gasteiger partial charge in [0.2, 0.25) is 5.91 Å². The van der Waals surface area contributed by atoms with Crippen LogP contribution in [0.15, 0.2) is 84.9 Å². The number of hydrogen-bond acceptors (Lipinski definition) is 6. The van der Waals surface area contributed by atoms with Crippen LogP contribution in [-0.4, -0.2) is 29.1 Å². The highest BCUT2D eigenvalue weighted by atomic mass is 16.5. The van der Waals surface area contributed by atoms with Crippen molar-refractivity contribution >= 4 is 34.6 Å². The molecule has 0 radical (unpaired) electrons. The van der Waals surface area contributed by atoms with Gasteiger partial charge < -0.3 is 20.7 Å². The normalized spacial score (nSPS) is 14.5. The molecule has 4 aromatic rings. The molecule has 3 aromatic carbocycles. The second-order valence-electron chi connectivity index (χ2n) is 9.39. The lowest BCUT2D eigenvalue weighted by molar-refractivity contribution is -0.125. The molecule has 0 saturated carbocycles. The standard InChI is InChI=1S/C30H31N5O2/c1-21-8-10-24(11-9-21)33-27-20-28(32-22(2)31-27)34-25-12-14-26(15-13-25)35-29(36)30(16-18-37-19-17-30)23-6-4-3-5-7-23/h3-15,20H,16-19H2,1-2H3,(H,35,36)(H2,31,32,33,34). The number of nitrogens with one attached hydrogen (secondary N) is 3. The van der Waals surface area contributed by atoms with Crippen molar-refractivity contribution in [3.8, 4) is 0 Å². The van der Waals surface area contributed by atoms with E-state index in [1.54, 1.807) is 0 Å². The highest BCUT2D eigenvalue weighted by Gasteiger charge is 2.41. The first kappa shape index (κ1) is 24.5. The Morgan fingerprint density at radius 3 is 1.89 bits per heavy atom. The van der Waals surface area contributed by atoms with Crippen LogP contribution < -0.4 is 16.0 Å². The number of rotatable bonds is 7. The van der Waals surface area contributed by atoms with E-state index in [1.165, 1.54) is 5.56 Å². The summed E-state index contributed by atoms with van der Waals surface area (Å²) in [4.78, 5) is 22.5. The zero-order valence-electron chi connectivity index (χ0n) is 21.1. The van der Waals surface area contributed by atoms with Gasteiger partial charge in [0.15, 0.2) is 0 Å². The van der Waals surface area contributed by atoms with Crippen molar-refractivity contribution < 1.29 is 9.53 Å². The third kappa shape index (κ3) is 5.78. The molecule has 0 spiro atoms. The van der Waals surface area contributed by atoms with E-state index in [2.05, 4.69) is 45.0 Å². The van der Waals surface area contributed by atoms with E-state index in [4.69, 9.17) is 4.74 Å². The molecule has 5 rings (SSSR count). The highest BCUT2D eigenvalue weighted by molar-refractivity contribution is 5.99. The largest absolute Gasteiger partial charge is 0.381 e. The molecule has 1 aliphatic heterocycles. The van der Waals surface area contributed by atoms with Gasteiger partial charge in [0, 0.05) is 36.3 Å². The zero-order valence-corrected chi connectivity index (χ0v) is 21.1. The molecule has 1 saturated heterocycles. The van der Waals surface area contributed by atoms with Crippen LogP contribution in [0.4, 0.5) is 28.7 Å². The number of ether oxygens (including phenoxy) is 1. The number of anilines is 5. The molecule has 0 unspecified atom stereocenters. The SMILES string of the molecule is Cc1ccc(Nc2cc(Nc3ccc(NC(=O)C4(c5ccccc5)CCOCC4)cc3)nc(C)n2)cc1. The second-order valence-corrected chi connectivity index (χ2v) is 9.39. The van der Waals surface area contributed by atoms with Crippen LogP contribution in [-0.2, 0) is 14.9 Å². The van der Waals surface area contributed by atoms with E-state index in [-0.39, 0.29) is 5.91 Å². The van der Waals surface area contributed by atoms with Crippen molar-refractivity contribution in [1.82, 2.24) is 9.97 Å². The summed E-state index contributed by atoms with van der Waals surface area (Å²) in [5.41, 5.74) is 4.22. The molecule has 7 heteroatoms. The highest BCUT2D eigenvalue weighted by Crippen LogP contribution is 2.36. The Bertz CT molecular complexity index is 1350. The smallest absolute Gasteiger partial charge is 0.235 e. The zero-order chi connectivity index (χ0) is 25.7. The Balaban J connectivity index is 1.28. The van der Waals surface area contributed by atoms with E-state index in [9.17, 15) is 4.79 Å². The van der Waals surface area contributed by atoms with Crippen molar-refractivity contribution in [3.63, 3.8) is 0 Å². The Kier molecular flexibility index (Phi) is 7.14. The average molecular weight is 494 g/mol. The molecule has 3 N–H and O–H groups in total. The van der Waals surface area contributed by atoms with Gasteiger partial charge in [0.05, 0.1) is 5.41 Å². The summed E-state index contributed by atoms with van der Waals surface area (Å²) in [6.07, 6.45) is 1.32. The molecule has 1 fully saturated rings. The van der Waals surface area contributed by atoms with Gasteiger partial charge in [-0.3, -0.25) is 4.79 Å². The number of amides is 1. The third-order valence-corrected chi connectivity index (χ3v) is 6.68. The number of aryl methyl sites for hydroxylation is 2. The Morgan fingerprint density at radius 2 is 1.30 bits per heavy atom. The molecule has 0 aliphatic carbocycles. The Hall–Kier alpha value is -4.23. The van der Waals surface area contributed by atoms with Crippen molar-refractivity contribution in [2.75, 3.05) is 29.2 Å². The number of aromatic nitrogens is 2. The summed E-state index contributed by atoms with van der Waals surface area (Å²) in [5, 5.41) is 9.80. The molecule has 37 heavy (non-hydrogen) atoms. The van der Waals surface area contributed by atoms with Gasteiger partial charge in [0.1, 0.15) is 17.5 Å². The summed E-state index contributed by atoms with van der Waals surface area (Å²) in [6.45, 7) is 5.07. The van der Waals surface area contributed by atoms with Crippen LogP contribution in [0, 0.1) is 13.8 Å². The lowest BCUT2D eigenvalue weighted by atomic mass is 9.73. The quantitative estimate of drug-likeness (QED) is 0.281. The predicted octanol–water partition coefficient (Wildman–Crippen LogP) is 6.27. The fourth-order valence-corrected chi connectivity index (χ4v) is 4.64. The minimum atomic E-state index is -0.588. The van der Waals surface area contributed by atoms with Crippen molar-refractivity contribution in [2.24, 2.45) is 0 Å². The first-order valence-electron chi connectivity index (χ1n) is 12.5. The lowest BCUT2D eigenvalue weighted by Gasteiger charge is -2.36. The molecule has 188 valence electrons. The van der Waals surface area contributed by atoms with Crippen LogP contribution in [0.3, 0.4) is 0 Å². The maximum Gasteiger partial charge on any atom is 0.235 e. The van der Waals surface area contributed by atoms with Crippen molar-refractivity contribution in [2.45, 2.75) is 32.1 Å². The van der Waals surface area contributed by atoms with E-state index in [1.807, 2.05) is 79.7 Å². The molecule has 1 aromatic heterocycles. The predicted molar refractivity (Wildman–Crippen MR) is 148 cm³/mol. The van der Waals surface area contributed by atoms with Gasteiger partial charge in [-0.15, -0.1) is 0 Å². The summed E-state index contributed by atoms with van der Waals surface area (Å²) in [5.74, 6) is 2.06. The Morgan fingerprint density at radius 1 is 0.757 bits per heavy atom. The fourth-order valence-electron chi connectivity index (χ4n) is 4.64. The van der Waals surface area contributed by atoms with Gasteiger partial charge in [-0.2, -0.15) is 0 Å². The van der Waals surface area contributed by atoms with E-state index >= 15 is 0 Å². The lowest BCUT2D eigenvalue weighted by Crippen LogP contribution is -2.44. The molecule has 1 amide bonds. The van der Waals surface area contributed by atoms with Gasteiger partial charge in [-0.1, -0.05) is 48.0 Å². The van der Waals surface area contributed by atoms with Crippen molar-refractivity contribution in [1.29, 1.82) is 0 Å². The summed E-state index contributed by atoms with van der Waals surface area (Å²) in [6, 6.07) is 27.7. The van der Waals surface area contributed by atoms with Crippen LogP contribution >= 0.6 is 0 Å². The van der Waals surface area contributed by atoms with Crippen LogP contribution in [0.2, 0.25) is 0 Å². The molecular weight excluding hydrogens is 462 g/mol. The topological polar surface area (TPSA) is 88.2 Å². The van der Waals surface area contributed by atoms with Gasteiger partial charge in [-0.05, 0) is 68.7 Å².